The van der Waals surface area contributed by atoms with E-state index in [9.17, 15) is 0 Å². The lowest BCUT2D eigenvalue weighted by molar-refractivity contribution is 0.365. The fraction of sp³-hybridized carbons (Fsp3) is 0.533. The van der Waals surface area contributed by atoms with Crippen LogP contribution in [0, 0.1) is 12.8 Å². The number of halogens is 1. The Bertz CT molecular complexity index is 597. The normalized spacial score (nSPS) is 17.2. The van der Waals surface area contributed by atoms with Crippen molar-refractivity contribution in [2.75, 3.05) is 13.1 Å². The first kappa shape index (κ1) is 13.1. The van der Waals surface area contributed by atoms with Gasteiger partial charge >= 0.3 is 0 Å². The van der Waals surface area contributed by atoms with E-state index in [1.165, 1.54) is 29.7 Å². The van der Waals surface area contributed by atoms with E-state index in [0.29, 0.717) is 0 Å². The molecule has 2 aromatic rings. The number of rotatable bonds is 2. The summed E-state index contributed by atoms with van der Waals surface area (Å²) in [6.45, 7) is 4.43. The fourth-order valence-electron chi connectivity index (χ4n) is 2.95. The van der Waals surface area contributed by atoms with Gasteiger partial charge in [0.05, 0.1) is 5.52 Å². The predicted molar refractivity (Wildman–Crippen MR) is 82.4 cm³/mol. The molecule has 1 N–H and O–H groups in total. The van der Waals surface area contributed by atoms with Crippen LogP contribution in [0.15, 0.2) is 16.6 Å². The van der Waals surface area contributed by atoms with Crippen molar-refractivity contribution in [1.29, 1.82) is 0 Å². The minimum atomic E-state index is 0.775. The largest absolute Gasteiger partial charge is 0.331 e. The van der Waals surface area contributed by atoms with Gasteiger partial charge in [0.2, 0.25) is 0 Å². The molecule has 1 fully saturated rings. The number of nitrogens with zero attached hydrogens (tertiary/aromatic N) is 2. The monoisotopic (exact) mass is 321 g/mol. The van der Waals surface area contributed by atoms with Crippen LogP contribution in [-0.4, -0.2) is 22.6 Å². The van der Waals surface area contributed by atoms with Gasteiger partial charge in [-0.25, -0.2) is 4.98 Å². The molecule has 102 valence electrons. The van der Waals surface area contributed by atoms with E-state index in [2.05, 4.69) is 51.9 Å². The highest BCUT2D eigenvalue weighted by Gasteiger charge is 2.18. The summed E-state index contributed by atoms with van der Waals surface area (Å²) in [5.74, 6) is 1.99. The van der Waals surface area contributed by atoms with Crippen molar-refractivity contribution < 1.29 is 0 Å². The van der Waals surface area contributed by atoms with Gasteiger partial charge in [-0.05, 0) is 72.4 Å². The molecule has 0 spiro atoms. The van der Waals surface area contributed by atoms with Gasteiger partial charge < -0.3 is 9.88 Å². The molecule has 0 radical (unpaired) electrons. The highest BCUT2D eigenvalue weighted by molar-refractivity contribution is 9.10. The van der Waals surface area contributed by atoms with Crippen molar-refractivity contribution in [2.24, 2.45) is 13.0 Å². The van der Waals surface area contributed by atoms with Gasteiger partial charge in [0.1, 0.15) is 11.3 Å². The Morgan fingerprint density at radius 1 is 1.37 bits per heavy atom. The summed E-state index contributed by atoms with van der Waals surface area (Å²) in [7, 11) is 2.14. The quantitative estimate of drug-likeness (QED) is 0.920. The zero-order valence-corrected chi connectivity index (χ0v) is 13.1. The third kappa shape index (κ3) is 2.56. The fourth-order valence-corrected chi connectivity index (χ4v) is 3.61. The number of benzene rings is 1. The molecule has 1 aromatic carbocycles. The number of piperidine rings is 1. The zero-order chi connectivity index (χ0) is 13.4. The molecule has 1 aliphatic heterocycles. The van der Waals surface area contributed by atoms with Gasteiger partial charge in [0, 0.05) is 17.9 Å². The number of nitrogens with one attached hydrogen (secondary N) is 1. The lowest BCUT2D eigenvalue weighted by Crippen LogP contribution is -2.29. The maximum atomic E-state index is 4.84. The number of aryl methyl sites for hydroxylation is 2. The Morgan fingerprint density at radius 3 is 2.84 bits per heavy atom. The van der Waals surface area contributed by atoms with Gasteiger partial charge in [0.15, 0.2) is 0 Å². The molecule has 1 saturated heterocycles. The Morgan fingerprint density at radius 2 is 2.11 bits per heavy atom. The predicted octanol–water partition coefficient (Wildman–Crippen LogP) is 3.19. The summed E-state index contributed by atoms with van der Waals surface area (Å²) in [6.07, 6.45) is 3.63. The third-order valence-electron chi connectivity index (χ3n) is 4.11. The van der Waals surface area contributed by atoms with E-state index < -0.39 is 0 Å². The van der Waals surface area contributed by atoms with Crippen molar-refractivity contribution in [2.45, 2.75) is 26.2 Å². The van der Waals surface area contributed by atoms with Crippen LogP contribution >= 0.6 is 15.9 Å². The minimum absolute atomic E-state index is 0.775. The van der Waals surface area contributed by atoms with Crippen LogP contribution in [0.5, 0.6) is 0 Å². The molecule has 4 heteroatoms. The molecule has 0 saturated carbocycles. The first-order valence-electron chi connectivity index (χ1n) is 6.97. The average Bonchev–Trinajstić information content (AvgIpc) is 2.69. The molecule has 1 aliphatic rings. The maximum Gasteiger partial charge on any atom is 0.109 e. The second-order valence-electron chi connectivity index (χ2n) is 5.60. The van der Waals surface area contributed by atoms with Crippen LogP contribution in [0.25, 0.3) is 11.0 Å². The van der Waals surface area contributed by atoms with Gasteiger partial charge in [-0.3, -0.25) is 0 Å². The smallest absolute Gasteiger partial charge is 0.109 e. The summed E-state index contributed by atoms with van der Waals surface area (Å²) >= 11 is 3.63. The van der Waals surface area contributed by atoms with E-state index in [-0.39, 0.29) is 0 Å². The summed E-state index contributed by atoms with van der Waals surface area (Å²) in [6, 6.07) is 4.36. The highest BCUT2D eigenvalue weighted by Crippen LogP contribution is 2.27. The average molecular weight is 322 g/mol. The van der Waals surface area contributed by atoms with Crippen molar-refractivity contribution in [3.63, 3.8) is 0 Å². The van der Waals surface area contributed by atoms with Crippen LogP contribution in [0.3, 0.4) is 0 Å². The standard InChI is InChI=1S/C15H20BrN3/c1-10-7-12(16)15-13(8-10)19(2)14(18-15)9-11-3-5-17-6-4-11/h7-8,11,17H,3-6,9H2,1-2H3. The van der Waals surface area contributed by atoms with Gasteiger partial charge in [-0.1, -0.05) is 0 Å². The molecular weight excluding hydrogens is 302 g/mol. The molecule has 0 unspecified atom stereocenters. The second kappa shape index (κ2) is 5.25. The molecule has 0 bridgehead atoms. The molecule has 0 amide bonds. The van der Waals surface area contributed by atoms with Crippen molar-refractivity contribution in [1.82, 2.24) is 14.9 Å². The summed E-state index contributed by atoms with van der Waals surface area (Å²) in [5.41, 5.74) is 3.60. The van der Waals surface area contributed by atoms with E-state index >= 15 is 0 Å². The van der Waals surface area contributed by atoms with Crippen LogP contribution in [-0.2, 0) is 13.5 Å². The lowest BCUT2D eigenvalue weighted by Gasteiger charge is -2.22. The molecule has 2 heterocycles. The third-order valence-corrected chi connectivity index (χ3v) is 4.71. The Balaban J connectivity index is 1.95. The maximum absolute atomic E-state index is 4.84. The number of aromatic nitrogens is 2. The molecule has 0 aliphatic carbocycles. The molecular formula is C15H20BrN3. The number of hydrogen-bond donors (Lipinski definition) is 1. The summed E-state index contributed by atoms with van der Waals surface area (Å²) in [4.78, 5) is 4.84. The van der Waals surface area contributed by atoms with Crippen molar-refractivity contribution >= 4 is 27.0 Å². The Kier molecular flexibility index (Phi) is 3.63. The van der Waals surface area contributed by atoms with Crippen molar-refractivity contribution in [3.8, 4) is 0 Å². The van der Waals surface area contributed by atoms with Crippen molar-refractivity contribution in [3.05, 3.63) is 28.0 Å². The number of hydrogen-bond acceptors (Lipinski definition) is 2. The van der Waals surface area contributed by atoms with Gasteiger partial charge in [-0.2, -0.15) is 0 Å². The first-order chi connectivity index (χ1) is 9.15. The van der Waals surface area contributed by atoms with E-state index in [1.807, 2.05) is 0 Å². The van der Waals surface area contributed by atoms with Crippen LogP contribution in [0.4, 0.5) is 0 Å². The molecule has 1 aromatic heterocycles. The van der Waals surface area contributed by atoms with Crippen LogP contribution in [0.2, 0.25) is 0 Å². The lowest BCUT2D eigenvalue weighted by atomic mass is 9.94. The molecule has 19 heavy (non-hydrogen) atoms. The highest BCUT2D eigenvalue weighted by atomic mass is 79.9. The minimum Gasteiger partial charge on any atom is -0.331 e. The Hall–Kier alpha value is -0.870. The van der Waals surface area contributed by atoms with E-state index in [4.69, 9.17) is 4.98 Å². The summed E-state index contributed by atoms with van der Waals surface area (Å²) in [5, 5.41) is 3.42. The zero-order valence-electron chi connectivity index (χ0n) is 11.5. The van der Waals surface area contributed by atoms with Gasteiger partial charge in [-0.15, -0.1) is 0 Å². The van der Waals surface area contributed by atoms with Gasteiger partial charge in [0.25, 0.3) is 0 Å². The van der Waals surface area contributed by atoms with E-state index in [1.54, 1.807) is 0 Å². The van der Waals surface area contributed by atoms with Crippen LogP contribution in [0.1, 0.15) is 24.2 Å². The number of imidazole rings is 1. The van der Waals surface area contributed by atoms with E-state index in [0.717, 1.165) is 35.4 Å². The molecule has 0 atom stereocenters. The second-order valence-corrected chi connectivity index (χ2v) is 6.45. The summed E-state index contributed by atoms with van der Waals surface area (Å²) < 4.78 is 3.37. The first-order valence-corrected chi connectivity index (χ1v) is 7.76. The molecule has 3 rings (SSSR count). The SMILES string of the molecule is Cc1cc(Br)c2nc(CC3CCNCC3)n(C)c2c1. The Labute approximate surface area is 122 Å². The topological polar surface area (TPSA) is 29.9 Å². The number of fused-ring (bicyclic) bond motifs is 1. The molecule has 3 nitrogen and oxygen atoms in total. The van der Waals surface area contributed by atoms with Crippen LogP contribution < -0.4 is 5.32 Å².